The largest absolute Gasteiger partial charge is 0.325 e. The highest BCUT2D eigenvalue weighted by atomic mass is 35.5. The van der Waals surface area contributed by atoms with Gasteiger partial charge in [-0.25, -0.2) is 0 Å². The van der Waals surface area contributed by atoms with E-state index in [0.29, 0.717) is 27.9 Å². The second kappa shape index (κ2) is 7.99. The predicted octanol–water partition coefficient (Wildman–Crippen LogP) is 5.62. The van der Waals surface area contributed by atoms with Gasteiger partial charge in [-0.3, -0.25) is 9.20 Å². The van der Waals surface area contributed by atoms with Crippen LogP contribution in [0.4, 0.5) is 5.69 Å². The number of aryl methyl sites for hydroxylation is 1. The molecule has 0 bridgehead atoms. The maximum Gasteiger partial charge on any atom is 0.225 e. The minimum absolute atomic E-state index is 0.119. The standard InChI is InChI=1S/C20H16Cl2N4OS/c1-12-10-18-24-25-20(26(18)17-5-3-2-4-14(12)17)28-9-8-19(27)23-16-7-6-13(21)11-15(16)22/h2-7,10-11H,8-9H2,1H3,(H,23,27). The average Bonchev–Trinajstić information content (AvgIpc) is 3.07. The molecule has 8 heteroatoms. The Kier molecular flexibility index (Phi) is 5.44. The van der Waals surface area contributed by atoms with Crippen LogP contribution in [-0.2, 0) is 4.79 Å². The predicted molar refractivity (Wildman–Crippen MR) is 116 cm³/mol. The van der Waals surface area contributed by atoms with Crippen LogP contribution >= 0.6 is 35.0 Å². The van der Waals surface area contributed by atoms with E-state index in [1.54, 1.807) is 18.2 Å². The van der Waals surface area contributed by atoms with Gasteiger partial charge in [-0.05, 0) is 42.8 Å². The van der Waals surface area contributed by atoms with Crippen molar-refractivity contribution >= 4 is 63.1 Å². The number of amides is 1. The molecule has 0 radical (unpaired) electrons. The Hall–Kier alpha value is -2.28. The number of carbonyl (C=O) groups is 1. The zero-order valence-corrected chi connectivity index (χ0v) is 17.3. The second-order valence-corrected chi connectivity index (χ2v) is 8.20. The molecule has 1 amide bonds. The second-order valence-electron chi connectivity index (χ2n) is 6.29. The van der Waals surface area contributed by atoms with Gasteiger partial charge in [-0.15, -0.1) is 10.2 Å². The van der Waals surface area contributed by atoms with Crippen molar-refractivity contribution in [1.82, 2.24) is 14.6 Å². The lowest BCUT2D eigenvalue weighted by Crippen LogP contribution is -2.12. The number of aromatic nitrogens is 3. The summed E-state index contributed by atoms with van der Waals surface area (Å²) in [5.74, 6) is 0.450. The van der Waals surface area contributed by atoms with Crippen molar-refractivity contribution in [2.75, 3.05) is 11.1 Å². The number of nitrogens with one attached hydrogen (secondary N) is 1. The highest BCUT2D eigenvalue weighted by Gasteiger charge is 2.12. The Morgan fingerprint density at radius 2 is 1.96 bits per heavy atom. The maximum atomic E-state index is 12.2. The van der Waals surface area contributed by atoms with Gasteiger partial charge in [-0.1, -0.05) is 53.2 Å². The van der Waals surface area contributed by atoms with Gasteiger partial charge in [0.15, 0.2) is 10.8 Å². The third kappa shape index (κ3) is 3.81. The summed E-state index contributed by atoms with van der Waals surface area (Å²) >= 11 is 13.5. The van der Waals surface area contributed by atoms with Crippen molar-refractivity contribution in [3.05, 3.63) is 64.1 Å². The molecule has 0 fully saturated rings. The summed E-state index contributed by atoms with van der Waals surface area (Å²) in [6.07, 6.45) is 0.322. The van der Waals surface area contributed by atoms with Crippen LogP contribution in [0.5, 0.6) is 0 Å². The van der Waals surface area contributed by atoms with E-state index in [9.17, 15) is 4.79 Å². The SMILES string of the molecule is Cc1cc2nnc(SCCC(=O)Nc3ccc(Cl)cc3Cl)n2c2ccccc12. The number of fused-ring (bicyclic) bond motifs is 3. The minimum atomic E-state index is -0.119. The summed E-state index contributed by atoms with van der Waals surface area (Å²) in [6, 6.07) is 15.2. The summed E-state index contributed by atoms with van der Waals surface area (Å²) < 4.78 is 2.03. The molecule has 0 saturated carbocycles. The normalized spacial score (nSPS) is 11.2. The Labute approximate surface area is 176 Å². The Bertz CT molecular complexity index is 1190. The molecule has 0 unspecified atom stereocenters. The zero-order valence-electron chi connectivity index (χ0n) is 14.9. The molecule has 2 aromatic heterocycles. The van der Waals surface area contributed by atoms with Crippen LogP contribution in [0.3, 0.4) is 0 Å². The molecule has 0 saturated heterocycles. The van der Waals surface area contributed by atoms with Crippen molar-refractivity contribution in [2.45, 2.75) is 18.5 Å². The smallest absolute Gasteiger partial charge is 0.225 e. The van der Waals surface area contributed by atoms with Gasteiger partial charge in [0.2, 0.25) is 5.91 Å². The monoisotopic (exact) mass is 430 g/mol. The van der Waals surface area contributed by atoms with Crippen molar-refractivity contribution in [2.24, 2.45) is 0 Å². The molecule has 0 aliphatic rings. The average molecular weight is 431 g/mol. The zero-order chi connectivity index (χ0) is 19.7. The quantitative estimate of drug-likeness (QED) is 0.417. The third-order valence-corrected chi connectivity index (χ3v) is 5.82. The number of para-hydroxylation sites is 1. The van der Waals surface area contributed by atoms with E-state index in [-0.39, 0.29) is 5.91 Å². The molecule has 4 rings (SSSR count). The number of rotatable bonds is 5. The van der Waals surface area contributed by atoms with Crippen molar-refractivity contribution in [1.29, 1.82) is 0 Å². The molecule has 4 aromatic rings. The number of carbonyl (C=O) groups excluding carboxylic acids is 1. The molecule has 5 nitrogen and oxygen atoms in total. The van der Waals surface area contributed by atoms with Crippen LogP contribution in [0, 0.1) is 6.92 Å². The molecule has 0 atom stereocenters. The van der Waals surface area contributed by atoms with Crippen molar-refractivity contribution in [3.8, 4) is 0 Å². The van der Waals surface area contributed by atoms with E-state index in [0.717, 1.165) is 27.3 Å². The van der Waals surface area contributed by atoms with Gasteiger partial charge in [-0.2, -0.15) is 0 Å². The minimum Gasteiger partial charge on any atom is -0.325 e. The first-order valence-electron chi connectivity index (χ1n) is 8.64. The number of thioether (sulfide) groups is 1. The van der Waals surface area contributed by atoms with Crippen LogP contribution < -0.4 is 5.32 Å². The summed E-state index contributed by atoms with van der Waals surface area (Å²) in [6.45, 7) is 2.07. The van der Waals surface area contributed by atoms with E-state index in [4.69, 9.17) is 23.2 Å². The number of benzene rings is 2. The maximum absolute atomic E-state index is 12.2. The van der Waals surface area contributed by atoms with Crippen LogP contribution in [0.15, 0.2) is 53.7 Å². The van der Waals surface area contributed by atoms with Crippen molar-refractivity contribution < 1.29 is 4.79 Å². The molecule has 28 heavy (non-hydrogen) atoms. The first kappa shape index (κ1) is 19.1. The fraction of sp³-hybridized carbons (Fsp3) is 0.150. The summed E-state index contributed by atoms with van der Waals surface area (Å²) in [7, 11) is 0. The molecule has 2 heterocycles. The Balaban J connectivity index is 1.47. The fourth-order valence-electron chi connectivity index (χ4n) is 3.01. The molecule has 0 aliphatic heterocycles. The topological polar surface area (TPSA) is 59.3 Å². The number of pyridine rings is 1. The Morgan fingerprint density at radius 3 is 2.79 bits per heavy atom. The molecular weight excluding hydrogens is 415 g/mol. The lowest BCUT2D eigenvalue weighted by Gasteiger charge is -2.08. The Morgan fingerprint density at radius 1 is 1.14 bits per heavy atom. The highest BCUT2D eigenvalue weighted by molar-refractivity contribution is 7.99. The molecule has 2 aromatic carbocycles. The van der Waals surface area contributed by atoms with Crippen LogP contribution in [0.2, 0.25) is 10.0 Å². The van der Waals surface area contributed by atoms with Gasteiger partial charge < -0.3 is 5.32 Å². The van der Waals surface area contributed by atoms with Gasteiger partial charge in [0, 0.05) is 22.6 Å². The molecule has 1 N–H and O–H groups in total. The number of hydrogen-bond donors (Lipinski definition) is 1. The van der Waals surface area contributed by atoms with Gasteiger partial charge in [0.25, 0.3) is 0 Å². The number of anilines is 1. The van der Waals surface area contributed by atoms with Crippen molar-refractivity contribution in [3.63, 3.8) is 0 Å². The number of halogens is 2. The van der Waals surface area contributed by atoms with Crippen LogP contribution in [0.25, 0.3) is 16.6 Å². The van der Waals surface area contributed by atoms with E-state index in [2.05, 4.69) is 34.6 Å². The summed E-state index contributed by atoms with van der Waals surface area (Å²) in [5.41, 5.74) is 3.57. The molecule has 0 spiro atoms. The number of hydrogen-bond acceptors (Lipinski definition) is 4. The van der Waals surface area contributed by atoms with Gasteiger partial charge in [0.05, 0.1) is 16.2 Å². The first-order chi connectivity index (χ1) is 13.5. The van der Waals surface area contributed by atoms with E-state index >= 15 is 0 Å². The third-order valence-electron chi connectivity index (χ3n) is 4.34. The summed E-state index contributed by atoms with van der Waals surface area (Å²) in [4.78, 5) is 12.2. The molecule has 142 valence electrons. The highest BCUT2D eigenvalue weighted by Crippen LogP contribution is 2.27. The summed E-state index contributed by atoms with van der Waals surface area (Å²) in [5, 5.41) is 14.3. The fourth-order valence-corrected chi connectivity index (χ4v) is 4.35. The molecule has 0 aliphatic carbocycles. The van der Waals surface area contributed by atoms with Crippen LogP contribution in [-0.4, -0.2) is 26.3 Å². The first-order valence-corrected chi connectivity index (χ1v) is 10.4. The van der Waals surface area contributed by atoms with Crippen LogP contribution in [0.1, 0.15) is 12.0 Å². The lowest BCUT2D eigenvalue weighted by atomic mass is 10.1. The number of nitrogens with zero attached hydrogens (tertiary/aromatic N) is 3. The lowest BCUT2D eigenvalue weighted by molar-refractivity contribution is -0.115. The van der Waals surface area contributed by atoms with E-state index < -0.39 is 0 Å². The van der Waals surface area contributed by atoms with Gasteiger partial charge >= 0.3 is 0 Å². The van der Waals surface area contributed by atoms with E-state index in [1.807, 2.05) is 22.6 Å². The molecular formula is C20H16Cl2N4OS. The van der Waals surface area contributed by atoms with Gasteiger partial charge in [0.1, 0.15) is 0 Å². The van der Waals surface area contributed by atoms with E-state index in [1.165, 1.54) is 11.8 Å².